The highest BCUT2D eigenvalue weighted by atomic mass is 16.6. The lowest BCUT2D eigenvalue weighted by Gasteiger charge is -2.37. The predicted octanol–water partition coefficient (Wildman–Crippen LogP) is 9.23. The van der Waals surface area contributed by atoms with Crippen molar-refractivity contribution in [2.45, 2.75) is 19.8 Å². The summed E-state index contributed by atoms with van der Waals surface area (Å²) in [6.07, 6.45) is 1.91. The summed E-state index contributed by atoms with van der Waals surface area (Å²) < 4.78 is 44.7. The quantitative estimate of drug-likeness (QED) is 0.0520. The van der Waals surface area contributed by atoms with Gasteiger partial charge in [0.1, 0.15) is 36.2 Å². The molecule has 0 unspecified atom stereocenters. The number of hydrogen-bond acceptors (Lipinski definition) is 12. The fraction of sp³-hybridized carbons (Fsp3) is 0.400. The fourth-order valence-corrected chi connectivity index (χ4v) is 4.81. The average Bonchev–Trinajstić information content (AvgIpc) is 3.17. The second kappa shape index (κ2) is 21.5. The Bertz CT molecular complexity index is 1630. The van der Waals surface area contributed by atoms with Crippen molar-refractivity contribution in [1.29, 1.82) is 0 Å². The zero-order valence-corrected chi connectivity index (χ0v) is 30.0. The molecule has 276 valence electrons. The first-order chi connectivity index (χ1) is 25.6. The number of unbranched alkanes of at least 4 members (excludes halogenated alkanes) is 1. The predicted molar refractivity (Wildman–Crippen MR) is 198 cm³/mol. The van der Waals surface area contributed by atoms with E-state index in [0.29, 0.717) is 46.2 Å². The lowest BCUT2D eigenvalue weighted by atomic mass is 9.90. The molecule has 0 spiro atoms. The number of azo groups is 2. The summed E-state index contributed by atoms with van der Waals surface area (Å²) >= 11 is 0. The number of nitrogens with zero attached hydrogens (tertiary/aromatic N) is 4. The summed E-state index contributed by atoms with van der Waals surface area (Å²) in [5, 5.41) is 17.1. The van der Waals surface area contributed by atoms with Crippen LogP contribution >= 0.6 is 0 Å². The summed E-state index contributed by atoms with van der Waals surface area (Å²) in [6, 6.07) is 29.8. The molecule has 4 aromatic carbocycles. The molecule has 1 heterocycles. The molecular formula is C40H48N4O8. The van der Waals surface area contributed by atoms with E-state index in [2.05, 4.69) is 27.4 Å². The van der Waals surface area contributed by atoms with Crippen LogP contribution in [0.1, 0.15) is 19.8 Å². The lowest BCUT2D eigenvalue weighted by molar-refractivity contribution is -0.138. The Hall–Kier alpha value is -4.88. The molecule has 12 heteroatoms. The highest BCUT2D eigenvalue weighted by Gasteiger charge is 2.33. The minimum atomic E-state index is 0.201. The molecule has 1 aliphatic rings. The second-order valence-electron chi connectivity index (χ2n) is 12.4. The fourth-order valence-electron chi connectivity index (χ4n) is 4.81. The van der Waals surface area contributed by atoms with Gasteiger partial charge in [-0.3, -0.25) is 0 Å². The van der Waals surface area contributed by atoms with Crippen LogP contribution in [-0.4, -0.2) is 79.8 Å². The van der Waals surface area contributed by atoms with Gasteiger partial charge in [0.25, 0.3) is 0 Å². The first kappa shape index (κ1) is 38.4. The SMILES string of the molecule is COc1ccc(N=Nc2ccc(OCCOCCOCCOc3ccc(N=Nc4ccc(OCCCCOCC5(C)COC5)cc4)cc3)cc2)cc1. The van der Waals surface area contributed by atoms with Crippen molar-refractivity contribution in [3.05, 3.63) is 97.1 Å². The Morgan fingerprint density at radius 2 is 0.827 bits per heavy atom. The van der Waals surface area contributed by atoms with E-state index in [1.54, 1.807) is 7.11 Å². The Morgan fingerprint density at radius 1 is 0.462 bits per heavy atom. The first-order valence-electron chi connectivity index (χ1n) is 17.5. The van der Waals surface area contributed by atoms with Crippen molar-refractivity contribution in [2.24, 2.45) is 25.9 Å². The molecule has 1 fully saturated rings. The van der Waals surface area contributed by atoms with E-state index in [-0.39, 0.29) is 5.41 Å². The molecule has 1 saturated heterocycles. The normalized spacial score (nSPS) is 13.7. The molecule has 52 heavy (non-hydrogen) atoms. The highest BCUT2D eigenvalue weighted by Crippen LogP contribution is 2.27. The van der Waals surface area contributed by atoms with E-state index < -0.39 is 0 Å². The number of rotatable bonds is 24. The zero-order chi connectivity index (χ0) is 36.1. The maximum absolute atomic E-state index is 5.84. The largest absolute Gasteiger partial charge is 0.497 e. The third kappa shape index (κ3) is 14.0. The third-order valence-corrected chi connectivity index (χ3v) is 7.81. The minimum Gasteiger partial charge on any atom is -0.497 e. The molecule has 0 bridgehead atoms. The van der Waals surface area contributed by atoms with Crippen molar-refractivity contribution < 1.29 is 37.9 Å². The van der Waals surface area contributed by atoms with Crippen LogP contribution in [0.3, 0.4) is 0 Å². The molecule has 0 aliphatic carbocycles. The van der Waals surface area contributed by atoms with Crippen LogP contribution in [0.15, 0.2) is 118 Å². The van der Waals surface area contributed by atoms with Gasteiger partial charge in [-0.25, -0.2) is 0 Å². The lowest BCUT2D eigenvalue weighted by Crippen LogP contribution is -2.43. The van der Waals surface area contributed by atoms with Crippen LogP contribution in [0.25, 0.3) is 0 Å². The molecule has 0 aromatic heterocycles. The topological polar surface area (TPSA) is 123 Å². The van der Waals surface area contributed by atoms with Crippen molar-refractivity contribution in [2.75, 3.05) is 79.8 Å². The van der Waals surface area contributed by atoms with Crippen molar-refractivity contribution >= 4 is 22.7 Å². The van der Waals surface area contributed by atoms with Gasteiger partial charge in [-0.15, -0.1) is 0 Å². The van der Waals surface area contributed by atoms with Gasteiger partial charge in [0.15, 0.2) is 0 Å². The van der Waals surface area contributed by atoms with Crippen molar-refractivity contribution in [1.82, 2.24) is 0 Å². The van der Waals surface area contributed by atoms with Crippen LogP contribution in [0.5, 0.6) is 23.0 Å². The second-order valence-corrected chi connectivity index (χ2v) is 12.4. The van der Waals surface area contributed by atoms with E-state index in [9.17, 15) is 0 Å². The Kier molecular flexibility index (Phi) is 15.8. The number of benzene rings is 4. The molecule has 5 rings (SSSR count). The van der Waals surface area contributed by atoms with Gasteiger partial charge in [0.2, 0.25) is 0 Å². The Labute approximate surface area is 305 Å². The maximum Gasteiger partial charge on any atom is 0.119 e. The molecular weight excluding hydrogens is 664 g/mol. The molecule has 0 amide bonds. The van der Waals surface area contributed by atoms with Gasteiger partial charge in [0.05, 0.1) is 82.7 Å². The van der Waals surface area contributed by atoms with Crippen LogP contribution in [-0.2, 0) is 18.9 Å². The van der Waals surface area contributed by atoms with Crippen LogP contribution in [0.2, 0.25) is 0 Å². The number of ether oxygens (including phenoxy) is 8. The van der Waals surface area contributed by atoms with Gasteiger partial charge in [-0.2, -0.15) is 20.5 Å². The first-order valence-corrected chi connectivity index (χ1v) is 17.5. The van der Waals surface area contributed by atoms with Crippen LogP contribution < -0.4 is 18.9 Å². The molecule has 4 aromatic rings. The van der Waals surface area contributed by atoms with Crippen molar-refractivity contribution in [3.63, 3.8) is 0 Å². The Balaban J connectivity index is 0.846. The minimum absolute atomic E-state index is 0.201. The molecule has 12 nitrogen and oxygen atoms in total. The summed E-state index contributed by atoms with van der Waals surface area (Å²) in [4.78, 5) is 0. The number of hydrogen-bond donors (Lipinski definition) is 0. The van der Waals surface area contributed by atoms with E-state index in [0.717, 1.165) is 85.0 Å². The zero-order valence-electron chi connectivity index (χ0n) is 30.0. The van der Waals surface area contributed by atoms with Gasteiger partial charge in [-0.05, 0) is 110 Å². The Morgan fingerprint density at radius 3 is 1.21 bits per heavy atom. The van der Waals surface area contributed by atoms with Crippen molar-refractivity contribution in [3.8, 4) is 23.0 Å². The van der Waals surface area contributed by atoms with E-state index in [4.69, 9.17) is 37.9 Å². The number of methoxy groups -OCH3 is 1. The summed E-state index contributed by atoms with van der Waals surface area (Å²) in [7, 11) is 1.63. The van der Waals surface area contributed by atoms with Gasteiger partial charge >= 0.3 is 0 Å². The van der Waals surface area contributed by atoms with Crippen LogP contribution in [0, 0.1) is 5.41 Å². The molecule has 0 saturated carbocycles. The summed E-state index contributed by atoms with van der Waals surface area (Å²) in [5.74, 6) is 3.06. The third-order valence-electron chi connectivity index (χ3n) is 7.81. The summed E-state index contributed by atoms with van der Waals surface area (Å²) in [6.45, 7) is 8.64. The molecule has 0 N–H and O–H groups in total. The molecule has 0 atom stereocenters. The maximum atomic E-state index is 5.84. The van der Waals surface area contributed by atoms with Gasteiger partial charge in [0, 0.05) is 12.0 Å². The van der Waals surface area contributed by atoms with Gasteiger partial charge < -0.3 is 37.9 Å². The smallest absolute Gasteiger partial charge is 0.119 e. The van der Waals surface area contributed by atoms with Crippen LogP contribution in [0.4, 0.5) is 22.7 Å². The molecule has 1 aliphatic heterocycles. The average molecular weight is 713 g/mol. The standard InChI is InChI=1S/C40H48N4O8/c1-40(30-49-31-40)29-48-21-3-4-22-50-37-15-7-33(8-16-37)43-44-35-11-19-39(20-12-35)52-28-26-47-24-23-46-25-27-51-38-17-9-34(10-18-38)42-41-32-5-13-36(45-2)14-6-32/h5-20H,3-4,21-31H2,1-2H3. The molecule has 0 radical (unpaired) electrons. The van der Waals surface area contributed by atoms with Gasteiger partial charge in [-0.1, -0.05) is 6.92 Å². The van der Waals surface area contributed by atoms with E-state index in [1.807, 2.05) is 97.1 Å². The van der Waals surface area contributed by atoms with E-state index >= 15 is 0 Å². The van der Waals surface area contributed by atoms with E-state index in [1.165, 1.54) is 0 Å². The highest BCUT2D eigenvalue weighted by molar-refractivity contribution is 5.45. The summed E-state index contributed by atoms with van der Waals surface area (Å²) in [5.41, 5.74) is 3.17. The monoisotopic (exact) mass is 712 g/mol.